The molecule has 1 saturated heterocycles. The van der Waals surface area contributed by atoms with E-state index in [9.17, 15) is 4.79 Å². The summed E-state index contributed by atoms with van der Waals surface area (Å²) in [6.07, 6.45) is 2.45. The molecule has 0 aromatic heterocycles. The average molecular weight is 374 g/mol. The summed E-state index contributed by atoms with van der Waals surface area (Å²) in [6, 6.07) is 24.6. The SMILES string of the molecule is O=C(COc1cccc2ccccc12)NCC(c1ccccc1)N1CCCC1. The molecule has 1 atom stereocenters. The molecular formula is C24H26N2O2. The van der Waals surface area contributed by atoms with E-state index in [0.717, 1.165) is 29.6 Å². The smallest absolute Gasteiger partial charge is 0.258 e. The molecule has 4 rings (SSSR count). The number of nitrogens with zero attached hydrogens (tertiary/aromatic N) is 1. The summed E-state index contributed by atoms with van der Waals surface area (Å²) in [5.41, 5.74) is 1.25. The number of rotatable bonds is 7. The first-order valence-corrected chi connectivity index (χ1v) is 9.97. The van der Waals surface area contributed by atoms with Crippen molar-refractivity contribution in [1.82, 2.24) is 10.2 Å². The molecule has 0 radical (unpaired) electrons. The lowest BCUT2D eigenvalue weighted by Gasteiger charge is -2.28. The number of hydrogen-bond donors (Lipinski definition) is 1. The Bertz CT molecular complexity index is 915. The van der Waals surface area contributed by atoms with Crippen LogP contribution >= 0.6 is 0 Å². The van der Waals surface area contributed by atoms with Crippen LogP contribution in [0, 0.1) is 0 Å². The second kappa shape index (κ2) is 8.89. The van der Waals surface area contributed by atoms with E-state index in [1.54, 1.807) is 0 Å². The molecule has 144 valence electrons. The minimum atomic E-state index is -0.0898. The van der Waals surface area contributed by atoms with Gasteiger partial charge in [-0.15, -0.1) is 0 Å². The van der Waals surface area contributed by atoms with Crippen molar-refractivity contribution in [2.75, 3.05) is 26.2 Å². The quantitative estimate of drug-likeness (QED) is 0.675. The molecule has 28 heavy (non-hydrogen) atoms. The molecule has 0 saturated carbocycles. The van der Waals surface area contributed by atoms with Crippen LogP contribution in [0.4, 0.5) is 0 Å². The third kappa shape index (κ3) is 4.34. The fraction of sp³-hybridized carbons (Fsp3) is 0.292. The second-order valence-electron chi connectivity index (χ2n) is 7.24. The highest BCUT2D eigenvalue weighted by Crippen LogP contribution is 2.26. The van der Waals surface area contributed by atoms with Gasteiger partial charge in [0.15, 0.2) is 6.61 Å². The minimum absolute atomic E-state index is 0.0233. The predicted octanol–water partition coefficient (Wildman–Crippen LogP) is 4.17. The van der Waals surface area contributed by atoms with Gasteiger partial charge in [0.2, 0.25) is 0 Å². The second-order valence-corrected chi connectivity index (χ2v) is 7.24. The van der Waals surface area contributed by atoms with Gasteiger partial charge in [0, 0.05) is 11.9 Å². The van der Waals surface area contributed by atoms with Gasteiger partial charge in [0.05, 0.1) is 6.04 Å². The van der Waals surface area contributed by atoms with E-state index in [0.29, 0.717) is 6.54 Å². The minimum Gasteiger partial charge on any atom is -0.483 e. The summed E-state index contributed by atoms with van der Waals surface area (Å²) in [7, 11) is 0. The molecule has 3 aromatic rings. The largest absolute Gasteiger partial charge is 0.483 e. The summed E-state index contributed by atoms with van der Waals surface area (Å²) in [6.45, 7) is 2.79. The zero-order valence-corrected chi connectivity index (χ0v) is 16.0. The Morgan fingerprint density at radius 1 is 0.929 bits per heavy atom. The van der Waals surface area contributed by atoms with Crippen LogP contribution in [0.15, 0.2) is 72.8 Å². The molecule has 0 bridgehead atoms. The number of carbonyl (C=O) groups is 1. The number of benzene rings is 3. The fourth-order valence-electron chi connectivity index (χ4n) is 3.91. The van der Waals surface area contributed by atoms with Gasteiger partial charge in [-0.1, -0.05) is 66.7 Å². The first-order chi connectivity index (χ1) is 13.8. The van der Waals surface area contributed by atoms with Gasteiger partial charge >= 0.3 is 0 Å². The molecule has 0 aliphatic carbocycles. The maximum Gasteiger partial charge on any atom is 0.258 e. The van der Waals surface area contributed by atoms with Gasteiger partial charge in [0.1, 0.15) is 5.75 Å². The highest BCUT2D eigenvalue weighted by Gasteiger charge is 2.23. The van der Waals surface area contributed by atoms with E-state index in [4.69, 9.17) is 4.74 Å². The van der Waals surface area contributed by atoms with Crippen molar-refractivity contribution in [2.45, 2.75) is 18.9 Å². The molecule has 1 heterocycles. The number of nitrogens with one attached hydrogen (secondary N) is 1. The third-order valence-corrected chi connectivity index (χ3v) is 5.37. The maximum absolute atomic E-state index is 12.4. The number of hydrogen-bond acceptors (Lipinski definition) is 3. The van der Waals surface area contributed by atoms with E-state index >= 15 is 0 Å². The van der Waals surface area contributed by atoms with Crippen LogP contribution in [0.1, 0.15) is 24.4 Å². The zero-order valence-electron chi connectivity index (χ0n) is 16.0. The lowest BCUT2D eigenvalue weighted by molar-refractivity contribution is -0.123. The number of likely N-dealkylation sites (tertiary alicyclic amines) is 1. The third-order valence-electron chi connectivity index (χ3n) is 5.37. The zero-order chi connectivity index (χ0) is 19.2. The van der Waals surface area contributed by atoms with Gasteiger partial charge in [-0.3, -0.25) is 9.69 Å². The van der Waals surface area contributed by atoms with E-state index in [1.165, 1.54) is 18.4 Å². The highest BCUT2D eigenvalue weighted by molar-refractivity contribution is 5.88. The molecule has 3 aromatic carbocycles. The average Bonchev–Trinajstić information content (AvgIpc) is 3.28. The normalized spacial score (nSPS) is 15.4. The summed E-state index contributed by atoms with van der Waals surface area (Å²) < 4.78 is 5.82. The van der Waals surface area contributed by atoms with Gasteiger partial charge in [-0.2, -0.15) is 0 Å². The highest BCUT2D eigenvalue weighted by atomic mass is 16.5. The first kappa shape index (κ1) is 18.5. The number of carbonyl (C=O) groups excluding carboxylic acids is 1. The van der Waals surface area contributed by atoms with Crippen molar-refractivity contribution in [1.29, 1.82) is 0 Å². The standard InChI is InChI=1S/C24H26N2O2/c27-24(18-28-23-14-8-12-19-9-4-5-13-21(19)23)25-17-22(26-15-6-7-16-26)20-10-2-1-3-11-20/h1-5,8-14,22H,6-7,15-18H2,(H,25,27). The Balaban J connectivity index is 1.37. The number of fused-ring (bicyclic) bond motifs is 1. The van der Waals surface area contributed by atoms with Crippen LogP contribution in [0.2, 0.25) is 0 Å². The lowest BCUT2D eigenvalue weighted by Crippen LogP contribution is -2.38. The van der Waals surface area contributed by atoms with Crippen LogP contribution < -0.4 is 10.1 Å². The van der Waals surface area contributed by atoms with Crippen LogP contribution in [0.25, 0.3) is 10.8 Å². The molecule has 0 spiro atoms. The van der Waals surface area contributed by atoms with E-state index in [-0.39, 0.29) is 18.6 Å². The predicted molar refractivity (Wildman–Crippen MR) is 112 cm³/mol. The molecule has 4 heteroatoms. The van der Waals surface area contributed by atoms with Crippen LogP contribution in [0.3, 0.4) is 0 Å². The Hall–Kier alpha value is -2.85. The molecule has 1 aliphatic heterocycles. The Labute approximate surface area is 166 Å². The monoisotopic (exact) mass is 374 g/mol. The number of amides is 1. The summed E-state index contributed by atoms with van der Waals surface area (Å²) in [5.74, 6) is 0.653. The number of ether oxygens (including phenoxy) is 1. The topological polar surface area (TPSA) is 41.6 Å². The van der Waals surface area contributed by atoms with Crippen LogP contribution in [-0.2, 0) is 4.79 Å². The van der Waals surface area contributed by atoms with Gasteiger partial charge < -0.3 is 10.1 Å². The molecule has 4 nitrogen and oxygen atoms in total. The van der Waals surface area contributed by atoms with Crippen molar-refractivity contribution < 1.29 is 9.53 Å². The first-order valence-electron chi connectivity index (χ1n) is 9.97. The fourth-order valence-corrected chi connectivity index (χ4v) is 3.91. The van der Waals surface area contributed by atoms with Crippen molar-refractivity contribution in [3.05, 3.63) is 78.4 Å². The molecule has 1 N–H and O–H groups in total. The Kier molecular flexibility index (Phi) is 5.88. The van der Waals surface area contributed by atoms with Gasteiger partial charge in [-0.25, -0.2) is 0 Å². The molecule has 1 aliphatic rings. The van der Waals surface area contributed by atoms with Crippen molar-refractivity contribution in [3.8, 4) is 5.75 Å². The van der Waals surface area contributed by atoms with Crippen LogP contribution in [0.5, 0.6) is 5.75 Å². The van der Waals surface area contributed by atoms with E-state index in [2.05, 4.69) is 34.5 Å². The van der Waals surface area contributed by atoms with E-state index < -0.39 is 0 Å². The van der Waals surface area contributed by atoms with Crippen molar-refractivity contribution in [2.24, 2.45) is 0 Å². The maximum atomic E-state index is 12.4. The van der Waals surface area contributed by atoms with E-state index in [1.807, 2.05) is 48.5 Å². The van der Waals surface area contributed by atoms with Crippen LogP contribution in [-0.4, -0.2) is 37.0 Å². The molecular weight excluding hydrogens is 348 g/mol. The lowest BCUT2D eigenvalue weighted by atomic mass is 10.1. The molecule has 1 amide bonds. The van der Waals surface area contributed by atoms with Crippen molar-refractivity contribution >= 4 is 16.7 Å². The Morgan fingerprint density at radius 2 is 1.64 bits per heavy atom. The van der Waals surface area contributed by atoms with Gasteiger partial charge in [-0.05, 0) is 42.9 Å². The van der Waals surface area contributed by atoms with Gasteiger partial charge in [0.25, 0.3) is 5.91 Å². The Morgan fingerprint density at radius 3 is 2.46 bits per heavy atom. The molecule has 1 fully saturated rings. The molecule has 1 unspecified atom stereocenters. The van der Waals surface area contributed by atoms with Crippen molar-refractivity contribution in [3.63, 3.8) is 0 Å². The summed E-state index contributed by atoms with van der Waals surface area (Å²) >= 11 is 0. The summed E-state index contributed by atoms with van der Waals surface area (Å²) in [4.78, 5) is 14.9. The summed E-state index contributed by atoms with van der Waals surface area (Å²) in [5, 5.41) is 5.21.